The predicted octanol–water partition coefficient (Wildman–Crippen LogP) is 5.35. The lowest BCUT2D eigenvalue weighted by Gasteiger charge is -2.53. The zero-order valence-corrected chi connectivity index (χ0v) is 23.8. The lowest BCUT2D eigenvalue weighted by atomic mass is 9.54. The van der Waals surface area contributed by atoms with E-state index in [1.54, 1.807) is 12.1 Å². The molecular formula is C32H39F3N2O5. The van der Waals surface area contributed by atoms with Crippen LogP contribution in [0.15, 0.2) is 36.4 Å². The topological polar surface area (TPSA) is 91.3 Å². The number of benzene rings is 2. The SMILES string of the molecule is C[C@]12C[C@H](Oc3ccc(NC(=O)CCN4CCOCC4)c(C(F)(F)F)c3)[C@@H]3c4ccc(O)cc4CC[C@H]3[C@@H]1CC[C@@H]2O. The molecule has 0 unspecified atom stereocenters. The minimum atomic E-state index is -4.70. The number of carbonyl (C=O) groups excluding carboxylic acids is 1. The lowest BCUT2D eigenvalue weighted by molar-refractivity contribution is -0.137. The number of nitrogens with one attached hydrogen (secondary N) is 1. The van der Waals surface area contributed by atoms with Crippen molar-refractivity contribution in [1.82, 2.24) is 4.90 Å². The molecule has 6 atom stereocenters. The number of hydrogen-bond acceptors (Lipinski definition) is 6. The maximum atomic E-state index is 14.2. The van der Waals surface area contributed by atoms with E-state index < -0.39 is 29.9 Å². The molecule has 1 saturated heterocycles. The van der Waals surface area contributed by atoms with Crippen LogP contribution in [0.1, 0.15) is 61.6 Å². The summed E-state index contributed by atoms with van der Waals surface area (Å²) in [4.78, 5) is 14.7. The van der Waals surface area contributed by atoms with Crippen molar-refractivity contribution in [2.45, 2.75) is 69.8 Å². The molecule has 0 radical (unpaired) electrons. The molecular weight excluding hydrogens is 549 g/mol. The molecule has 1 heterocycles. The number of phenolic OH excluding ortho intramolecular Hbond substituents is 1. The number of aromatic hydroxyl groups is 1. The van der Waals surface area contributed by atoms with Gasteiger partial charge >= 0.3 is 6.18 Å². The highest BCUT2D eigenvalue weighted by molar-refractivity contribution is 5.91. The van der Waals surface area contributed by atoms with Crippen molar-refractivity contribution in [2.75, 3.05) is 38.2 Å². The van der Waals surface area contributed by atoms with Gasteiger partial charge in [-0.1, -0.05) is 13.0 Å². The molecule has 2 aromatic rings. The number of alkyl halides is 3. The first-order valence-corrected chi connectivity index (χ1v) is 15.0. The standard InChI is InChI=1S/C32H39F3N2O5/c1-31-18-27(30-22-6-3-20(38)16-19(22)2-5-23(30)24(31)7-9-28(31)39)42-21-4-8-26(25(17-21)32(33,34)35)36-29(40)10-11-37-12-14-41-15-13-37/h3-4,6,8,16-17,23-24,27-28,30,38-39H,2,5,7,9-15,18H2,1H3,(H,36,40)/t23-,24-,27-,28-,30+,31-/m0/s1. The maximum absolute atomic E-state index is 14.2. The number of aliphatic hydroxyl groups excluding tert-OH is 1. The van der Waals surface area contributed by atoms with Crippen LogP contribution in [0.3, 0.4) is 0 Å². The number of fused-ring (bicyclic) bond motifs is 5. The Bertz CT molecular complexity index is 1310. The van der Waals surface area contributed by atoms with E-state index in [4.69, 9.17) is 9.47 Å². The van der Waals surface area contributed by atoms with Crippen molar-refractivity contribution >= 4 is 11.6 Å². The van der Waals surface area contributed by atoms with Crippen LogP contribution in [0, 0.1) is 17.3 Å². The van der Waals surface area contributed by atoms with Gasteiger partial charge in [-0.3, -0.25) is 9.69 Å². The van der Waals surface area contributed by atoms with Gasteiger partial charge in [-0.05, 0) is 85.4 Å². The maximum Gasteiger partial charge on any atom is 0.418 e. The summed E-state index contributed by atoms with van der Waals surface area (Å²) in [5.74, 6) is 0.241. The summed E-state index contributed by atoms with van der Waals surface area (Å²) < 4.78 is 54.5. The summed E-state index contributed by atoms with van der Waals surface area (Å²) in [6.45, 7) is 5.09. The van der Waals surface area contributed by atoms with Gasteiger partial charge in [0.1, 0.15) is 17.6 Å². The molecule has 42 heavy (non-hydrogen) atoms. The van der Waals surface area contributed by atoms with Crippen LogP contribution in [0.25, 0.3) is 0 Å². The van der Waals surface area contributed by atoms with Gasteiger partial charge in [-0.15, -0.1) is 0 Å². The molecule has 4 aliphatic rings. The van der Waals surface area contributed by atoms with Crippen LogP contribution in [-0.2, 0) is 22.1 Å². The van der Waals surface area contributed by atoms with Gasteiger partial charge in [0.15, 0.2) is 0 Å². The zero-order chi connectivity index (χ0) is 29.6. The van der Waals surface area contributed by atoms with Crippen LogP contribution >= 0.6 is 0 Å². The van der Waals surface area contributed by atoms with Crippen molar-refractivity contribution in [1.29, 1.82) is 0 Å². The number of hydrogen-bond donors (Lipinski definition) is 3. The lowest BCUT2D eigenvalue weighted by Crippen LogP contribution is -2.51. The van der Waals surface area contributed by atoms with E-state index >= 15 is 0 Å². The summed E-state index contributed by atoms with van der Waals surface area (Å²) in [5.41, 5.74) is 0.475. The van der Waals surface area contributed by atoms with Gasteiger partial charge in [-0.2, -0.15) is 13.2 Å². The van der Waals surface area contributed by atoms with Crippen molar-refractivity contribution in [3.8, 4) is 11.5 Å². The average Bonchev–Trinajstić information content (AvgIpc) is 3.26. The molecule has 7 nitrogen and oxygen atoms in total. The third kappa shape index (κ3) is 5.61. The highest BCUT2D eigenvalue weighted by Crippen LogP contribution is 2.61. The van der Waals surface area contributed by atoms with Crippen molar-refractivity contribution in [3.05, 3.63) is 53.1 Å². The number of ether oxygens (including phenoxy) is 2. The summed E-state index contributed by atoms with van der Waals surface area (Å²) in [6, 6.07) is 9.09. The third-order valence-corrected chi connectivity index (χ3v) is 10.2. The van der Waals surface area contributed by atoms with E-state index in [1.165, 1.54) is 12.1 Å². The zero-order valence-electron chi connectivity index (χ0n) is 23.8. The number of aryl methyl sites for hydroxylation is 1. The largest absolute Gasteiger partial charge is 0.508 e. The molecule has 0 bridgehead atoms. The van der Waals surface area contributed by atoms with Gasteiger partial charge in [-0.25, -0.2) is 0 Å². The first kappa shape index (κ1) is 29.3. The quantitative estimate of drug-likeness (QED) is 0.422. The Kier molecular flexibility index (Phi) is 7.91. The molecule has 6 rings (SSSR count). The fourth-order valence-electron chi connectivity index (χ4n) is 8.12. The van der Waals surface area contributed by atoms with Gasteiger partial charge in [0.25, 0.3) is 0 Å². The van der Waals surface area contributed by atoms with Gasteiger partial charge in [0.05, 0.1) is 30.6 Å². The second kappa shape index (κ2) is 11.4. The van der Waals surface area contributed by atoms with Gasteiger partial charge in [0, 0.05) is 37.4 Å². The van der Waals surface area contributed by atoms with E-state index in [9.17, 15) is 28.2 Å². The Labute approximate surface area is 244 Å². The Morgan fingerprint density at radius 2 is 1.93 bits per heavy atom. The molecule has 3 N–H and O–H groups in total. The fourth-order valence-corrected chi connectivity index (χ4v) is 8.12. The number of anilines is 1. The molecule has 3 fully saturated rings. The number of aliphatic hydroxyl groups is 1. The summed E-state index contributed by atoms with van der Waals surface area (Å²) in [5, 5.41) is 23.6. The van der Waals surface area contributed by atoms with Crippen LogP contribution in [0.5, 0.6) is 11.5 Å². The summed E-state index contributed by atoms with van der Waals surface area (Å²) in [7, 11) is 0. The third-order valence-electron chi connectivity index (χ3n) is 10.2. The van der Waals surface area contributed by atoms with Crippen LogP contribution in [0.2, 0.25) is 0 Å². The van der Waals surface area contributed by atoms with Crippen LogP contribution in [-0.4, -0.2) is 66.1 Å². The Morgan fingerprint density at radius 1 is 1.14 bits per heavy atom. The highest BCUT2D eigenvalue weighted by atomic mass is 19.4. The van der Waals surface area contributed by atoms with E-state index in [-0.39, 0.29) is 40.9 Å². The van der Waals surface area contributed by atoms with E-state index in [0.29, 0.717) is 51.6 Å². The Balaban J connectivity index is 1.26. The molecule has 1 amide bonds. The second-order valence-electron chi connectivity index (χ2n) is 12.6. The first-order valence-electron chi connectivity index (χ1n) is 15.0. The molecule has 0 aromatic heterocycles. The second-order valence-corrected chi connectivity index (χ2v) is 12.6. The minimum absolute atomic E-state index is 0.0633. The molecule has 2 aromatic carbocycles. The van der Waals surface area contributed by atoms with E-state index in [0.717, 1.165) is 36.5 Å². The predicted molar refractivity (Wildman–Crippen MR) is 150 cm³/mol. The van der Waals surface area contributed by atoms with Crippen molar-refractivity contribution in [2.24, 2.45) is 17.3 Å². The smallest absolute Gasteiger partial charge is 0.418 e. The number of halogens is 3. The normalized spacial score (nSPS) is 31.1. The summed E-state index contributed by atoms with van der Waals surface area (Å²) >= 11 is 0. The summed E-state index contributed by atoms with van der Waals surface area (Å²) in [6.07, 6.45) is -1.75. The van der Waals surface area contributed by atoms with E-state index in [1.807, 2.05) is 6.07 Å². The van der Waals surface area contributed by atoms with Crippen molar-refractivity contribution in [3.63, 3.8) is 0 Å². The fraction of sp³-hybridized carbons (Fsp3) is 0.594. The first-order chi connectivity index (χ1) is 20.0. The number of rotatable bonds is 6. The van der Waals surface area contributed by atoms with Gasteiger partial charge < -0.3 is 25.0 Å². The molecule has 228 valence electrons. The number of carbonyl (C=O) groups is 1. The molecule has 2 saturated carbocycles. The minimum Gasteiger partial charge on any atom is -0.508 e. The van der Waals surface area contributed by atoms with Crippen molar-refractivity contribution < 1.29 is 37.7 Å². The Hall–Kier alpha value is -2.82. The monoisotopic (exact) mass is 588 g/mol. The molecule has 3 aliphatic carbocycles. The number of amides is 1. The number of morpholine rings is 1. The average molecular weight is 589 g/mol. The molecule has 1 aliphatic heterocycles. The van der Waals surface area contributed by atoms with Crippen LogP contribution < -0.4 is 10.1 Å². The van der Waals surface area contributed by atoms with Crippen LogP contribution in [0.4, 0.5) is 18.9 Å². The van der Waals surface area contributed by atoms with Gasteiger partial charge in [0.2, 0.25) is 5.91 Å². The molecule has 10 heteroatoms. The number of nitrogens with zero attached hydrogens (tertiary/aromatic N) is 1. The molecule has 0 spiro atoms. The number of phenols is 1. The highest BCUT2D eigenvalue weighted by Gasteiger charge is 2.58. The van der Waals surface area contributed by atoms with E-state index in [2.05, 4.69) is 17.1 Å². The Morgan fingerprint density at radius 3 is 2.69 bits per heavy atom.